The first-order valence-corrected chi connectivity index (χ1v) is 9.35. The summed E-state index contributed by atoms with van der Waals surface area (Å²) >= 11 is 0. The molecule has 24 heavy (non-hydrogen) atoms. The molecule has 0 aromatic carbocycles. The van der Waals surface area contributed by atoms with Crippen molar-refractivity contribution in [2.24, 2.45) is 10.4 Å². The molecule has 0 spiro atoms. The minimum atomic E-state index is 0.367. The second kappa shape index (κ2) is 8.49. The number of nitrogens with one attached hydrogen (secondary N) is 2. The third-order valence-electron chi connectivity index (χ3n) is 4.37. The van der Waals surface area contributed by atoms with E-state index < -0.39 is 0 Å². The van der Waals surface area contributed by atoms with E-state index in [-0.39, 0.29) is 0 Å². The van der Waals surface area contributed by atoms with Crippen LogP contribution < -0.4 is 10.6 Å². The molecule has 0 amide bonds. The zero-order chi connectivity index (χ0) is 17.6. The molecule has 1 atom stereocenters. The van der Waals surface area contributed by atoms with Gasteiger partial charge >= 0.3 is 0 Å². The van der Waals surface area contributed by atoms with Gasteiger partial charge in [0.25, 0.3) is 0 Å². The summed E-state index contributed by atoms with van der Waals surface area (Å²) in [6.45, 7) is 13.6. The molecule has 2 heterocycles. The van der Waals surface area contributed by atoms with E-state index in [1.54, 1.807) is 0 Å². The van der Waals surface area contributed by atoms with Gasteiger partial charge in [-0.15, -0.1) is 10.2 Å². The maximum Gasteiger partial charge on any atom is 0.191 e. The van der Waals surface area contributed by atoms with Gasteiger partial charge in [-0.3, -0.25) is 0 Å². The van der Waals surface area contributed by atoms with Crippen molar-refractivity contribution in [1.29, 1.82) is 0 Å². The number of guanidine groups is 1. The summed E-state index contributed by atoms with van der Waals surface area (Å²) in [5.74, 6) is 2.96. The average Bonchev–Trinajstić information content (AvgIpc) is 2.93. The molecule has 2 N–H and O–H groups in total. The van der Waals surface area contributed by atoms with Crippen LogP contribution in [0.1, 0.15) is 72.0 Å². The smallest absolute Gasteiger partial charge is 0.191 e. The summed E-state index contributed by atoms with van der Waals surface area (Å²) in [7, 11) is 0. The molecule has 0 radical (unpaired) electrons. The summed E-state index contributed by atoms with van der Waals surface area (Å²) in [4.78, 5) is 4.72. The fraction of sp³-hybridized carbons (Fsp3) is 0.833. The molecule has 0 saturated carbocycles. The SMILES string of the molecule is CCNC(=NCc1nnc2n1CCCC2)NC(C)CCC(C)(C)C. The number of fused-ring (bicyclic) bond motifs is 1. The van der Waals surface area contributed by atoms with Crippen LogP contribution in [0, 0.1) is 5.41 Å². The number of rotatable bonds is 6. The molecule has 0 saturated heterocycles. The average molecular weight is 335 g/mol. The van der Waals surface area contributed by atoms with Crippen molar-refractivity contribution in [3.8, 4) is 0 Å². The molecular weight excluding hydrogens is 300 g/mol. The molecule has 1 aliphatic heterocycles. The first-order chi connectivity index (χ1) is 11.4. The molecule has 0 fully saturated rings. The Morgan fingerprint density at radius 2 is 2.08 bits per heavy atom. The van der Waals surface area contributed by atoms with Crippen molar-refractivity contribution in [1.82, 2.24) is 25.4 Å². The van der Waals surface area contributed by atoms with Gasteiger partial charge in [-0.05, 0) is 44.9 Å². The predicted molar refractivity (Wildman–Crippen MR) is 99.1 cm³/mol. The highest BCUT2D eigenvalue weighted by atomic mass is 15.3. The van der Waals surface area contributed by atoms with Gasteiger partial charge in [0.2, 0.25) is 0 Å². The van der Waals surface area contributed by atoms with Crippen LogP contribution in [0.3, 0.4) is 0 Å². The van der Waals surface area contributed by atoms with Gasteiger partial charge in [0.1, 0.15) is 12.4 Å². The summed E-state index contributed by atoms with van der Waals surface area (Å²) in [6, 6.07) is 0.398. The van der Waals surface area contributed by atoms with Gasteiger partial charge in [0, 0.05) is 25.6 Å². The van der Waals surface area contributed by atoms with Gasteiger partial charge in [-0.1, -0.05) is 20.8 Å². The van der Waals surface area contributed by atoms with Crippen molar-refractivity contribution in [3.63, 3.8) is 0 Å². The Morgan fingerprint density at radius 1 is 1.29 bits per heavy atom. The first kappa shape index (κ1) is 18.7. The fourth-order valence-corrected chi connectivity index (χ4v) is 2.91. The second-order valence-corrected chi connectivity index (χ2v) is 7.98. The first-order valence-electron chi connectivity index (χ1n) is 9.35. The largest absolute Gasteiger partial charge is 0.357 e. The Labute approximate surface area is 146 Å². The topological polar surface area (TPSA) is 67.1 Å². The quantitative estimate of drug-likeness (QED) is 0.620. The molecule has 1 aromatic rings. The van der Waals surface area contributed by atoms with Gasteiger partial charge in [-0.2, -0.15) is 0 Å². The maximum absolute atomic E-state index is 4.72. The van der Waals surface area contributed by atoms with E-state index in [2.05, 4.69) is 60.0 Å². The van der Waals surface area contributed by atoms with E-state index in [9.17, 15) is 0 Å². The summed E-state index contributed by atoms with van der Waals surface area (Å²) in [6.07, 6.45) is 5.80. The highest BCUT2D eigenvalue weighted by molar-refractivity contribution is 5.79. The van der Waals surface area contributed by atoms with Crippen molar-refractivity contribution in [3.05, 3.63) is 11.6 Å². The van der Waals surface area contributed by atoms with E-state index in [0.29, 0.717) is 18.0 Å². The predicted octanol–water partition coefficient (Wildman–Crippen LogP) is 2.88. The van der Waals surface area contributed by atoms with Crippen LogP contribution in [-0.2, 0) is 19.5 Å². The van der Waals surface area contributed by atoms with Crippen LogP contribution >= 0.6 is 0 Å². The van der Waals surface area contributed by atoms with Crippen molar-refractivity contribution < 1.29 is 0 Å². The van der Waals surface area contributed by atoms with Gasteiger partial charge in [0.05, 0.1) is 0 Å². The summed E-state index contributed by atoms with van der Waals surface area (Å²) in [5.41, 5.74) is 0.367. The van der Waals surface area contributed by atoms with Gasteiger partial charge in [0.15, 0.2) is 11.8 Å². The number of aryl methyl sites for hydroxylation is 1. The van der Waals surface area contributed by atoms with Gasteiger partial charge < -0.3 is 15.2 Å². The van der Waals surface area contributed by atoms with Crippen molar-refractivity contribution in [2.75, 3.05) is 6.54 Å². The van der Waals surface area contributed by atoms with Crippen LogP contribution in [0.2, 0.25) is 0 Å². The zero-order valence-electron chi connectivity index (χ0n) is 16.0. The Hall–Kier alpha value is -1.59. The van der Waals surface area contributed by atoms with Crippen molar-refractivity contribution in [2.45, 2.75) is 85.9 Å². The lowest BCUT2D eigenvalue weighted by atomic mass is 9.89. The molecule has 2 rings (SSSR count). The summed E-state index contributed by atoms with van der Waals surface area (Å²) < 4.78 is 2.24. The van der Waals surface area contributed by atoms with E-state index >= 15 is 0 Å². The number of nitrogens with zero attached hydrogens (tertiary/aromatic N) is 4. The lowest BCUT2D eigenvalue weighted by Gasteiger charge is -2.23. The number of hydrogen-bond acceptors (Lipinski definition) is 3. The molecule has 0 aliphatic carbocycles. The monoisotopic (exact) mass is 334 g/mol. The highest BCUT2D eigenvalue weighted by Crippen LogP contribution is 2.21. The van der Waals surface area contributed by atoms with E-state index in [0.717, 1.165) is 43.5 Å². The van der Waals surface area contributed by atoms with Crippen LogP contribution in [0.15, 0.2) is 4.99 Å². The zero-order valence-corrected chi connectivity index (χ0v) is 16.0. The third-order valence-corrected chi connectivity index (χ3v) is 4.37. The van der Waals surface area contributed by atoms with Gasteiger partial charge in [-0.25, -0.2) is 4.99 Å². The Morgan fingerprint density at radius 3 is 2.79 bits per heavy atom. The number of aromatic nitrogens is 3. The Kier molecular flexibility index (Phi) is 6.63. The maximum atomic E-state index is 4.72. The number of hydrogen-bond donors (Lipinski definition) is 2. The Balaban J connectivity index is 1.94. The second-order valence-electron chi connectivity index (χ2n) is 7.98. The van der Waals surface area contributed by atoms with E-state index in [4.69, 9.17) is 4.99 Å². The van der Waals surface area contributed by atoms with E-state index in [1.165, 1.54) is 19.3 Å². The molecular formula is C18H34N6. The van der Waals surface area contributed by atoms with Crippen LogP contribution in [0.4, 0.5) is 0 Å². The van der Waals surface area contributed by atoms with Crippen LogP contribution in [0.5, 0.6) is 0 Å². The van der Waals surface area contributed by atoms with Crippen LogP contribution in [0.25, 0.3) is 0 Å². The lowest BCUT2D eigenvalue weighted by Crippen LogP contribution is -2.42. The standard InChI is InChI=1S/C18H34N6/c1-6-19-17(21-14(2)10-11-18(3,4)5)20-13-16-23-22-15-9-7-8-12-24(15)16/h14H,6-13H2,1-5H3,(H2,19,20,21). The summed E-state index contributed by atoms with van der Waals surface area (Å²) in [5, 5.41) is 15.5. The molecule has 1 aromatic heterocycles. The minimum absolute atomic E-state index is 0.367. The normalized spacial score (nSPS) is 16.6. The van der Waals surface area contributed by atoms with Crippen LogP contribution in [-0.4, -0.2) is 33.3 Å². The van der Waals surface area contributed by atoms with Crippen molar-refractivity contribution >= 4 is 5.96 Å². The number of aliphatic imine (C=N–C) groups is 1. The molecule has 6 heteroatoms. The third kappa shape index (κ3) is 5.80. The fourth-order valence-electron chi connectivity index (χ4n) is 2.91. The van der Waals surface area contributed by atoms with E-state index in [1.807, 2.05) is 0 Å². The Bertz CT molecular complexity index is 540. The molecule has 136 valence electrons. The molecule has 1 unspecified atom stereocenters. The molecule has 0 bridgehead atoms. The molecule has 6 nitrogen and oxygen atoms in total. The minimum Gasteiger partial charge on any atom is -0.357 e. The molecule has 1 aliphatic rings. The lowest BCUT2D eigenvalue weighted by molar-refractivity contribution is 0.346. The highest BCUT2D eigenvalue weighted by Gasteiger charge is 2.16.